The maximum atomic E-state index is 12.9. The van der Waals surface area contributed by atoms with Gasteiger partial charge in [-0.1, -0.05) is 59.6 Å². The van der Waals surface area contributed by atoms with Gasteiger partial charge >= 0.3 is 11.9 Å². The van der Waals surface area contributed by atoms with Crippen LogP contribution in [0.15, 0.2) is 115 Å². The number of fused-ring (bicyclic) bond motifs is 2. The van der Waals surface area contributed by atoms with Crippen molar-refractivity contribution in [1.82, 2.24) is 0 Å². The quantitative estimate of drug-likeness (QED) is 0.129. The van der Waals surface area contributed by atoms with Gasteiger partial charge in [-0.3, -0.25) is 0 Å². The van der Waals surface area contributed by atoms with Crippen molar-refractivity contribution < 1.29 is 38.7 Å². The number of phenolic OH excluding ortho intramolecular Hbond substituents is 2. The minimum absolute atomic E-state index is 0.0613. The zero-order valence-electron chi connectivity index (χ0n) is 35.5. The first-order valence-corrected chi connectivity index (χ1v) is 20.4. The molecule has 2 N–H and O–H groups in total. The number of hydrogen-bond acceptors (Lipinski definition) is 10. The highest BCUT2D eigenvalue weighted by molar-refractivity contribution is 6.31. The molecule has 11 heteroatoms. The number of benzene rings is 6. The summed E-state index contributed by atoms with van der Waals surface area (Å²) < 4.78 is 23.6. The molecule has 0 saturated carbocycles. The van der Waals surface area contributed by atoms with Crippen molar-refractivity contribution in [3.05, 3.63) is 176 Å². The molecule has 0 fully saturated rings. The van der Waals surface area contributed by atoms with Crippen molar-refractivity contribution in [2.24, 2.45) is 0 Å². The molecule has 10 nitrogen and oxygen atoms in total. The van der Waals surface area contributed by atoms with E-state index in [1.807, 2.05) is 112 Å². The number of phenols is 2. The van der Waals surface area contributed by atoms with Gasteiger partial charge in [0.05, 0.1) is 25.3 Å². The summed E-state index contributed by atoms with van der Waals surface area (Å²) in [5.41, 5.74) is 5.41. The van der Waals surface area contributed by atoms with Gasteiger partial charge in [0, 0.05) is 89.1 Å². The van der Waals surface area contributed by atoms with Crippen LogP contribution in [0.25, 0.3) is 0 Å². The van der Waals surface area contributed by atoms with Crippen molar-refractivity contribution in [2.75, 3.05) is 51.2 Å². The first kappa shape index (κ1) is 42.5. The zero-order valence-corrected chi connectivity index (χ0v) is 36.3. The Bertz CT molecular complexity index is 2660. The third kappa shape index (κ3) is 7.14. The molecule has 8 rings (SSSR count). The molecule has 0 aromatic heterocycles. The van der Waals surface area contributed by atoms with Gasteiger partial charge in [0.2, 0.25) is 0 Å². The number of aromatic hydroxyl groups is 2. The Hall–Kier alpha value is -6.65. The first-order chi connectivity index (χ1) is 29.2. The summed E-state index contributed by atoms with van der Waals surface area (Å²) in [5, 5.41) is 22.5. The van der Waals surface area contributed by atoms with E-state index in [1.165, 1.54) is 6.07 Å². The normalized spacial score (nSPS) is 17.3. The van der Waals surface area contributed by atoms with Crippen molar-refractivity contribution in [3.63, 3.8) is 0 Å². The van der Waals surface area contributed by atoms with Crippen molar-refractivity contribution in [1.29, 1.82) is 0 Å². The van der Waals surface area contributed by atoms with Crippen LogP contribution in [-0.4, -0.2) is 63.6 Å². The molecule has 2 aliphatic rings. The number of anilines is 2. The molecule has 0 bridgehead atoms. The monoisotopic (exact) mass is 840 g/mol. The number of hydrogen-bond donors (Lipinski definition) is 2. The highest BCUT2D eigenvalue weighted by Gasteiger charge is 2.53. The predicted molar refractivity (Wildman–Crippen MR) is 238 cm³/mol. The Morgan fingerprint density at radius 1 is 0.590 bits per heavy atom. The van der Waals surface area contributed by atoms with Gasteiger partial charge < -0.3 is 39.0 Å². The summed E-state index contributed by atoms with van der Waals surface area (Å²) in [4.78, 5) is 29.9. The van der Waals surface area contributed by atoms with Crippen LogP contribution in [0.5, 0.6) is 23.0 Å². The Balaban J connectivity index is 0.000000184. The third-order valence-corrected chi connectivity index (χ3v) is 11.9. The van der Waals surface area contributed by atoms with Crippen LogP contribution in [0, 0.1) is 13.8 Å². The van der Waals surface area contributed by atoms with Gasteiger partial charge in [0.25, 0.3) is 0 Å². The molecule has 2 atom stereocenters. The summed E-state index contributed by atoms with van der Waals surface area (Å²) in [6, 6.07) is 34.7. The van der Waals surface area contributed by atoms with E-state index < -0.39 is 23.1 Å². The van der Waals surface area contributed by atoms with Gasteiger partial charge in [0.1, 0.15) is 23.0 Å². The second kappa shape index (κ2) is 16.8. The number of cyclic esters (lactones) is 2. The second-order valence-corrected chi connectivity index (χ2v) is 15.6. The maximum Gasteiger partial charge on any atom is 0.340 e. The van der Waals surface area contributed by atoms with E-state index in [4.69, 9.17) is 30.5 Å². The molecule has 6 aromatic carbocycles. The van der Waals surface area contributed by atoms with Crippen LogP contribution in [0.3, 0.4) is 0 Å². The molecule has 0 radical (unpaired) electrons. The molecular formula is C50H49ClN2O8. The summed E-state index contributed by atoms with van der Waals surface area (Å²) in [5.74, 6) is 0.244. The number of rotatable bonds is 10. The van der Waals surface area contributed by atoms with Crippen LogP contribution in [0.1, 0.15) is 79.1 Å². The van der Waals surface area contributed by atoms with Gasteiger partial charge in [0.15, 0.2) is 11.2 Å². The summed E-state index contributed by atoms with van der Waals surface area (Å²) in [7, 11) is 7.03. The molecule has 314 valence electrons. The molecule has 0 spiro atoms. The van der Waals surface area contributed by atoms with Gasteiger partial charge in [-0.25, -0.2) is 9.59 Å². The van der Waals surface area contributed by atoms with E-state index >= 15 is 0 Å². The van der Waals surface area contributed by atoms with Crippen LogP contribution < -0.4 is 19.3 Å². The number of carbonyl (C=O) groups excluding carboxylic acids is 2. The Morgan fingerprint density at radius 3 is 1.69 bits per heavy atom. The fraction of sp³-hybridized carbons (Fsp3) is 0.240. The maximum absolute atomic E-state index is 12.9. The number of ether oxygens (including phenoxy) is 4. The van der Waals surface area contributed by atoms with Gasteiger partial charge in [-0.15, -0.1) is 0 Å². The molecule has 0 amide bonds. The van der Waals surface area contributed by atoms with E-state index in [9.17, 15) is 19.8 Å². The minimum atomic E-state index is -1.37. The predicted octanol–water partition coefficient (Wildman–Crippen LogP) is 9.91. The molecule has 0 saturated heterocycles. The molecule has 2 heterocycles. The number of aryl methyl sites for hydroxylation is 2. The zero-order chi connectivity index (χ0) is 43.8. The summed E-state index contributed by atoms with van der Waals surface area (Å²) >= 11 is 6.23. The van der Waals surface area contributed by atoms with E-state index in [2.05, 4.69) is 18.7 Å². The largest absolute Gasteiger partial charge is 0.507 e. The van der Waals surface area contributed by atoms with E-state index in [1.54, 1.807) is 44.6 Å². The van der Waals surface area contributed by atoms with Crippen molar-refractivity contribution in [3.8, 4) is 23.0 Å². The number of esters is 2. The van der Waals surface area contributed by atoms with Crippen LogP contribution in [0.2, 0.25) is 5.02 Å². The first-order valence-electron chi connectivity index (χ1n) is 20.0. The standard InChI is InChI=1S/C26H27NO4.C24H22ClNO4/c1-5-27(6-2)18-12-13-21(23(28)16-18)26(22-15-17(3)11-14-24(22)30-4)20-10-8-7-9-19(20)25(29)31-26;1-14-11-19(21(27)13-20(14)25)24(17-8-6-5-7-16(17)23(28)30-24)18-10-9-15(26(2)3)12-22(18)29-4/h7-16,28H,5-6H2,1-4H3;5-13,27H,1-4H3. The SMILES string of the molecule is CCN(CC)c1ccc(C2(c3cc(C)ccc3OC)OC(=O)c3ccccc32)c(O)c1.COc1cc(N(C)C)ccc1C1(c2cc(C)c(Cl)cc2O)OC(=O)c2ccccc21. The Labute approximate surface area is 361 Å². The molecule has 0 aliphatic carbocycles. The van der Waals surface area contributed by atoms with Crippen molar-refractivity contribution in [2.45, 2.75) is 38.9 Å². The Morgan fingerprint density at radius 2 is 1.13 bits per heavy atom. The summed E-state index contributed by atoms with van der Waals surface area (Å²) in [6.45, 7) is 9.61. The van der Waals surface area contributed by atoms with Crippen LogP contribution in [0.4, 0.5) is 11.4 Å². The average Bonchev–Trinajstić information content (AvgIpc) is 3.73. The van der Waals surface area contributed by atoms with Gasteiger partial charge in [-0.05, 0) is 93.9 Å². The van der Waals surface area contributed by atoms with E-state index in [0.29, 0.717) is 61.0 Å². The number of halogens is 1. The van der Waals surface area contributed by atoms with Crippen LogP contribution in [-0.2, 0) is 20.7 Å². The smallest absolute Gasteiger partial charge is 0.340 e. The number of nitrogens with zero attached hydrogens (tertiary/aromatic N) is 2. The minimum Gasteiger partial charge on any atom is -0.507 e. The highest BCUT2D eigenvalue weighted by Crippen LogP contribution is 2.54. The lowest BCUT2D eigenvalue weighted by molar-refractivity contribution is 0.0229. The lowest BCUT2D eigenvalue weighted by Gasteiger charge is -2.33. The third-order valence-electron chi connectivity index (χ3n) is 11.5. The van der Waals surface area contributed by atoms with E-state index in [-0.39, 0.29) is 11.5 Å². The van der Waals surface area contributed by atoms with Crippen LogP contribution >= 0.6 is 11.6 Å². The fourth-order valence-corrected chi connectivity index (χ4v) is 8.58. The molecule has 6 aromatic rings. The fourth-order valence-electron chi connectivity index (χ4n) is 8.43. The molecule has 2 aliphatic heterocycles. The number of methoxy groups -OCH3 is 2. The lowest BCUT2D eigenvalue weighted by Crippen LogP contribution is -2.30. The Kier molecular flexibility index (Phi) is 11.7. The second-order valence-electron chi connectivity index (χ2n) is 15.2. The van der Waals surface area contributed by atoms with Gasteiger partial charge in [-0.2, -0.15) is 0 Å². The topological polar surface area (TPSA) is 118 Å². The lowest BCUT2D eigenvalue weighted by atomic mass is 9.78. The highest BCUT2D eigenvalue weighted by atomic mass is 35.5. The molecular weight excluding hydrogens is 792 g/mol. The molecule has 2 unspecified atom stereocenters. The summed E-state index contributed by atoms with van der Waals surface area (Å²) in [6.07, 6.45) is 0. The number of carbonyl (C=O) groups is 2. The van der Waals surface area contributed by atoms with Crippen molar-refractivity contribution >= 4 is 34.9 Å². The van der Waals surface area contributed by atoms with E-state index in [0.717, 1.165) is 35.6 Å². The molecule has 61 heavy (non-hydrogen) atoms. The average molecular weight is 841 g/mol.